The molecule has 0 aliphatic carbocycles. The number of ether oxygens (including phenoxy) is 3. The van der Waals surface area contributed by atoms with E-state index >= 15 is 0 Å². The van der Waals surface area contributed by atoms with Crippen molar-refractivity contribution in [1.29, 1.82) is 0 Å². The lowest BCUT2D eigenvalue weighted by Crippen LogP contribution is -2.30. The van der Waals surface area contributed by atoms with E-state index in [0.29, 0.717) is 19.3 Å². The molecule has 0 saturated heterocycles. The summed E-state index contributed by atoms with van der Waals surface area (Å²) in [6.07, 6.45) is 79.4. The van der Waals surface area contributed by atoms with Crippen LogP contribution in [0.4, 0.5) is 0 Å². The zero-order valence-electron chi connectivity index (χ0n) is 46.2. The minimum Gasteiger partial charge on any atom is -0.462 e. The molecule has 6 heteroatoms. The van der Waals surface area contributed by atoms with Crippen LogP contribution in [0.1, 0.15) is 265 Å². The van der Waals surface area contributed by atoms with Gasteiger partial charge in [0.15, 0.2) is 6.10 Å². The molecule has 0 aromatic carbocycles. The first-order valence-electron chi connectivity index (χ1n) is 29.4. The summed E-state index contributed by atoms with van der Waals surface area (Å²) < 4.78 is 16.8. The van der Waals surface area contributed by atoms with E-state index < -0.39 is 6.10 Å². The van der Waals surface area contributed by atoms with Crippen LogP contribution in [0.2, 0.25) is 0 Å². The van der Waals surface area contributed by atoms with Gasteiger partial charge in [0.05, 0.1) is 0 Å². The maximum Gasteiger partial charge on any atom is 0.306 e. The lowest BCUT2D eigenvalue weighted by molar-refractivity contribution is -0.166. The Balaban J connectivity index is 4.51. The fraction of sp³-hybridized carbons (Fsp3) is 0.677. The molecule has 0 bridgehead atoms. The summed E-state index contributed by atoms with van der Waals surface area (Å²) in [5, 5.41) is 0. The Bertz CT molecular complexity index is 1460. The zero-order chi connectivity index (χ0) is 51.4. The second-order valence-corrected chi connectivity index (χ2v) is 19.2. The zero-order valence-corrected chi connectivity index (χ0v) is 46.2. The Kier molecular flexibility index (Phi) is 55.4. The minimum absolute atomic E-state index is 0.110. The van der Waals surface area contributed by atoms with Gasteiger partial charge in [-0.05, 0) is 122 Å². The highest BCUT2D eigenvalue weighted by molar-refractivity contribution is 5.71. The number of hydrogen-bond acceptors (Lipinski definition) is 6. The number of carbonyl (C=O) groups excluding carboxylic acids is 3. The van der Waals surface area contributed by atoms with E-state index in [4.69, 9.17) is 14.2 Å². The Morgan fingerprint density at radius 1 is 0.282 bits per heavy atom. The van der Waals surface area contributed by atoms with Gasteiger partial charge in [-0.2, -0.15) is 0 Å². The Morgan fingerprint density at radius 3 is 0.873 bits per heavy atom. The quantitative estimate of drug-likeness (QED) is 0.0261. The molecular weight excluding hydrogens is 877 g/mol. The summed E-state index contributed by atoms with van der Waals surface area (Å²) in [5.74, 6) is -1.01. The van der Waals surface area contributed by atoms with Crippen molar-refractivity contribution in [3.05, 3.63) is 109 Å². The summed E-state index contributed by atoms with van der Waals surface area (Å²) in [7, 11) is 0. The van der Waals surface area contributed by atoms with Crippen LogP contribution in [-0.2, 0) is 28.6 Å². The highest BCUT2D eigenvalue weighted by Crippen LogP contribution is 2.14. The monoisotopic (exact) mass is 985 g/mol. The molecule has 0 aromatic rings. The van der Waals surface area contributed by atoms with E-state index in [0.717, 1.165) is 96.3 Å². The van der Waals surface area contributed by atoms with Crippen molar-refractivity contribution in [3.8, 4) is 0 Å². The van der Waals surface area contributed by atoms with Crippen LogP contribution < -0.4 is 0 Å². The van der Waals surface area contributed by atoms with Crippen LogP contribution in [-0.4, -0.2) is 37.2 Å². The molecule has 0 aliphatic heterocycles. The van der Waals surface area contributed by atoms with E-state index in [9.17, 15) is 14.4 Å². The van der Waals surface area contributed by atoms with Gasteiger partial charge in [-0.3, -0.25) is 14.4 Å². The minimum atomic E-state index is -0.820. The molecule has 0 aromatic heterocycles. The van der Waals surface area contributed by atoms with Crippen molar-refractivity contribution in [2.24, 2.45) is 0 Å². The standard InChI is InChI=1S/C65H108O6/c1-4-7-10-13-16-19-22-25-28-30-32-34-37-39-42-45-48-51-54-57-63(66)69-60-62(71-65(68)59-56-53-50-47-44-41-36-27-24-21-18-15-12-9-6-3)61-70-64(67)58-55-52-49-46-43-40-38-35-33-31-29-26-23-20-17-14-11-8-5-2/h16-21,25-29,32,34,36,39,42,48,51,62H,4-15,22-24,30-31,33,35,37-38,40-41,43-47,49-50,52-61H2,1-3H3/b19-16-,20-17-,21-18-,28-25-,29-26-,34-32-,36-27-,42-39-,51-48-/t62-/m1/s1. The topological polar surface area (TPSA) is 78.9 Å². The summed E-state index contributed by atoms with van der Waals surface area (Å²) in [6.45, 7) is 6.49. The third kappa shape index (κ3) is 56.9. The molecule has 0 aliphatic rings. The van der Waals surface area contributed by atoms with E-state index in [1.54, 1.807) is 0 Å². The van der Waals surface area contributed by atoms with Crippen molar-refractivity contribution in [2.75, 3.05) is 13.2 Å². The summed E-state index contributed by atoms with van der Waals surface area (Å²) in [4.78, 5) is 38.2. The van der Waals surface area contributed by atoms with Gasteiger partial charge >= 0.3 is 17.9 Å². The average molecular weight is 986 g/mol. The van der Waals surface area contributed by atoms with Crippen molar-refractivity contribution < 1.29 is 28.6 Å². The Hall–Kier alpha value is -3.93. The SMILES string of the molecule is CCCCC/C=C\C/C=C\C/C=C\C/C=C\C/C=C\CCC(=O)OC[C@H](COC(=O)CCCCCCCCCCC/C=C\C/C=C\CCCCC)OC(=O)CCCCCCC/C=C\C/C=C\CCCCC. The number of esters is 3. The smallest absolute Gasteiger partial charge is 0.306 e. The third-order valence-electron chi connectivity index (χ3n) is 12.2. The molecule has 0 heterocycles. The van der Waals surface area contributed by atoms with E-state index in [-0.39, 0.29) is 37.5 Å². The summed E-state index contributed by atoms with van der Waals surface area (Å²) in [6, 6.07) is 0. The molecule has 6 nitrogen and oxygen atoms in total. The Labute approximate surface area is 438 Å². The largest absolute Gasteiger partial charge is 0.462 e. The Morgan fingerprint density at radius 2 is 0.535 bits per heavy atom. The number of allylic oxidation sites excluding steroid dienone is 18. The summed E-state index contributed by atoms with van der Waals surface area (Å²) >= 11 is 0. The molecule has 0 saturated carbocycles. The van der Waals surface area contributed by atoms with Gasteiger partial charge in [0.2, 0.25) is 0 Å². The van der Waals surface area contributed by atoms with Crippen molar-refractivity contribution >= 4 is 17.9 Å². The average Bonchev–Trinajstić information content (AvgIpc) is 3.37. The van der Waals surface area contributed by atoms with Crippen LogP contribution in [0.25, 0.3) is 0 Å². The van der Waals surface area contributed by atoms with Crippen LogP contribution in [0.3, 0.4) is 0 Å². The van der Waals surface area contributed by atoms with Gasteiger partial charge in [0.25, 0.3) is 0 Å². The second-order valence-electron chi connectivity index (χ2n) is 19.2. The van der Waals surface area contributed by atoms with E-state index in [2.05, 4.69) is 124 Å². The van der Waals surface area contributed by atoms with Crippen molar-refractivity contribution in [2.45, 2.75) is 271 Å². The maximum absolute atomic E-state index is 12.9. The van der Waals surface area contributed by atoms with E-state index in [1.807, 2.05) is 6.08 Å². The van der Waals surface area contributed by atoms with Crippen LogP contribution in [0, 0.1) is 0 Å². The van der Waals surface area contributed by atoms with Gasteiger partial charge < -0.3 is 14.2 Å². The van der Waals surface area contributed by atoms with Crippen LogP contribution >= 0.6 is 0 Å². The number of hydrogen-bond donors (Lipinski definition) is 0. The van der Waals surface area contributed by atoms with Gasteiger partial charge in [0, 0.05) is 19.3 Å². The van der Waals surface area contributed by atoms with Crippen molar-refractivity contribution in [1.82, 2.24) is 0 Å². The summed E-state index contributed by atoms with van der Waals surface area (Å²) in [5.41, 5.74) is 0. The number of unbranched alkanes of at least 4 members (excludes halogenated alkanes) is 23. The molecule has 0 amide bonds. The molecule has 0 N–H and O–H groups in total. The van der Waals surface area contributed by atoms with Crippen LogP contribution in [0.5, 0.6) is 0 Å². The predicted molar refractivity (Wildman–Crippen MR) is 307 cm³/mol. The molecule has 0 spiro atoms. The predicted octanol–water partition coefficient (Wildman–Crippen LogP) is 19.9. The molecular formula is C65H108O6. The van der Waals surface area contributed by atoms with Gasteiger partial charge in [-0.1, -0.05) is 233 Å². The van der Waals surface area contributed by atoms with E-state index in [1.165, 1.54) is 122 Å². The first-order chi connectivity index (χ1) is 35.0. The normalized spacial score (nSPS) is 12.9. The lowest BCUT2D eigenvalue weighted by Gasteiger charge is -2.18. The fourth-order valence-electron chi connectivity index (χ4n) is 7.78. The fourth-order valence-corrected chi connectivity index (χ4v) is 7.78. The third-order valence-corrected chi connectivity index (χ3v) is 12.2. The van der Waals surface area contributed by atoms with Crippen molar-refractivity contribution in [3.63, 3.8) is 0 Å². The first-order valence-corrected chi connectivity index (χ1v) is 29.4. The van der Waals surface area contributed by atoms with Gasteiger partial charge in [0.1, 0.15) is 13.2 Å². The molecule has 0 fully saturated rings. The second kappa shape index (κ2) is 58.6. The molecule has 0 radical (unpaired) electrons. The molecule has 404 valence electrons. The number of rotatable bonds is 52. The molecule has 1 atom stereocenters. The van der Waals surface area contributed by atoms with Gasteiger partial charge in [-0.15, -0.1) is 0 Å². The van der Waals surface area contributed by atoms with Gasteiger partial charge in [-0.25, -0.2) is 0 Å². The molecule has 0 unspecified atom stereocenters. The van der Waals surface area contributed by atoms with Crippen LogP contribution in [0.15, 0.2) is 109 Å². The number of carbonyl (C=O) groups is 3. The molecule has 0 rings (SSSR count). The molecule has 71 heavy (non-hydrogen) atoms. The highest BCUT2D eigenvalue weighted by Gasteiger charge is 2.19. The lowest BCUT2D eigenvalue weighted by atomic mass is 10.1. The first kappa shape index (κ1) is 67.1. The highest BCUT2D eigenvalue weighted by atomic mass is 16.6. The maximum atomic E-state index is 12.9.